The Morgan fingerprint density at radius 3 is 1.20 bits per heavy atom. The van der Waals surface area contributed by atoms with Crippen molar-refractivity contribution in [1.29, 1.82) is 0 Å². The largest absolute Gasteiger partial charge is 0.477 e. The molecule has 2 aliphatic carbocycles. The maximum Gasteiger partial charge on any atom is 0.408 e. The lowest BCUT2D eigenvalue weighted by atomic mass is 9.82. The van der Waals surface area contributed by atoms with Crippen molar-refractivity contribution in [2.75, 3.05) is 75.1 Å². The van der Waals surface area contributed by atoms with E-state index in [-0.39, 0.29) is 110 Å². The predicted octanol–water partition coefficient (Wildman–Crippen LogP) is 17.3. The molecule has 8 fully saturated rings. The van der Waals surface area contributed by atoms with Gasteiger partial charge in [-0.05, 0) is 325 Å². The number of likely N-dealkylation sites (tertiary alicyclic amines) is 5. The average molecular weight is 1980 g/mol. The summed E-state index contributed by atoms with van der Waals surface area (Å²) in [7, 11) is 2.70. The Morgan fingerprint density at radius 1 is 0.457 bits per heavy atom. The number of piperidine rings is 6. The van der Waals surface area contributed by atoms with Crippen LogP contribution in [0.4, 0.5) is 26.7 Å². The molecule has 2 saturated carbocycles. The van der Waals surface area contributed by atoms with Gasteiger partial charge in [-0.15, -0.1) is 34.0 Å². The number of aromatic carboxylic acids is 1. The van der Waals surface area contributed by atoms with E-state index >= 15 is 0 Å². The van der Waals surface area contributed by atoms with Gasteiger partial charge in [-0.1, -0.05) is 49.4 Å². The number of thiophene rings is 3. The molecule has 0 aromatic carbocycles. The first-order valence-corrected chi connectivity index (χ1v) is 52.1. The van der Waals surface area contributed by atoms with Gasteiger partial charge in [-0.3, -0.25) is 48.2 Å². The van der Waals surface area contributed by atoms with Gasteiger partial charge >= 0.3 is 30.1 Å². The van der Waals surface area contributed by atoms with Gasteiger partial charge in [0.05, 0.1) is 52.0 Å². The number of ether oxygens (including phenoxy) is 4. The molecule has 0 spiro atoms. The third-order valence-corrected chi connectivity index (χ3v) is 27.5. The Hall–Kier alpha value is -9.75. The minimum atomic E-state index is -1.09. The van der Waals surface area contributed by atoms with Crippen LogP contribution in [0.2, 0.25) is 0 Å². The van der Waals surface area contributed by atoms with Gasteiger partial charge in [-0.2, -0.15) is 0 Å². The Bertz CT molecular complexity index is 4860. The van der Waals surface area contributed by atoms with Crippen LogP contribution in [-0.4, -0.2) is 239 Å². The molecule has 6 aliphatic heterocycles. The average Bonchev–Trinajstić information content (AvgIpc) is 1.53. The molecule has 6 atom stereocenters. The Labute approximate surface area is 834 Å². The molecule has 768 valence electrons. The van der Waals surface area contributed by atoms with Gasteiger partial charge in [-0.25, -0.2) is 24.0 Å². The summed E-state index contributed by atoms with van der Waals surface area (Å²) in [5, 5.41) is 21.2. The summed E-state index contributed by atoms with van der Waals surface area (Å²) in [6.45, 7) is 56.5. The Morgan fingerprint density at radius 2 is 0.812 bits per heavy atom. The fraction of sp³-hybridized carbons (Fsp3) is 0.705. The van der Waals surface area contributed by atoms with Crippen LogP contribution in [0, 0.1) is 75.4 Å². The van der Waals surface area contributed by atoms with Crippen LogP contribution in [0.1, 0.15) is 352 Å². The number of nitrogens with one attached hydrogen (secondary N) is 4. The van der Waals surface area contributed by atoms with Crippen molar-refractivity contribution in [3.05, 3.63) is 47.5 Å². The van der Waals surface area contributed by atoms with Crippen LogP contribution in [0.25, 0.3) is 0 Å². The summed E-state index contributed by atoms with van der Waals surface area (Å²) in [5.74, 6) is 17.5. The van der Waals surface area contributed by atoms with Crippen LogP contribution >= 0.6 is 34.0 Å². The van der Waals surface area contributed by atoms with E-state index in [1.165, 1.54) is 36.9 Å². The number of likely N-dealkylation sites (N-methyl/N-ethyl adjacent to an activating group) is 1. The van der Waals surface area contributed by atoms with Crippen molar-refractivity contribution in [2.24, 2.45) is 45.7 Å². The molecular formula is C105H162N12O18S3. The van der Waals surface area contributed by atoms with Crippen molar-refractivity contribution >= 4 is 128 Å². The lowest BCUT2D eigenvalue weighted by molar-refractivity contribution is -0.139. The zero-order valence-electron chi connectivity index (χ0n) is 87.7. The first-order valence-electron chi connectivity index (χ1n) is 49.6. The second-order valence-electron chi connectivity index (χ2n) is 43.4. The summed E-state index contributed by atoms with van der Waals surface area (Å²) in [4.78, 5) is 178. The minimum absolute atomic E-state index is 0.00962. The molecule has 138 heavy (non-hydrogen) atoms. The number of anilines is 3. The molecule has 11 rings (SSSR count). The lowest BCUT2D eigenvalue weighted by Gasteiger charge is -2.41. The van der Waals surface area contributed by atoms with Crippen molar-refractivity contribution in [2.45, 2.75) is 380 Å². The highest BCUT2D eigenvalue weighted by Crippen LogP contribution is 2.42. The highest BCUT2D eigenvalue weighted by Gasteiger charge is 2.46. The molecule has 30 nitrogen and oxygen atoms in total. The zero-order valence-corrected chi connectivity index (χ0v) is 90.2. The van der Waals surface area contributed by atoms with Gasteiger partial charge in [0, 0.05) is 98.1 Å². The van der Waals surface area contributed by atoms with Gasteiger partial charge in [0.1, 0.15) is 56.0 Å². The van der Waals surface area contributed by atoms with Crippen molar-refractivity contribution in [3.8, 4) is 35.5 Å². The van der Waals surface area contributed by atoms with E-state index in [0.717, 1.165) is 139 Å². The molecular weight excluding hydrogens is 1810 g/mol. The van der Waals surface area contributed by atoms with E-state index in [1.807, 2.05) is 150 Å². The highest BCUT2D eigenvalue weighted by molar-refractivity contribution is 7.16. The van der Waals surface area contributed by atoms with Crippen LogP contribution in [-0.2, 0) is 57.3 Å². The molecule has 6 saturated heterocycles. The summed E-state index contributed by atoms with van der Waals surface area (Å²) >= 11 is 3.61. The molecule has 10 amide bonds. The normalized spacial score (nSPS) is 22.1. The number of carbonyl (C=O) groups is 13. The zero-order chi connectivity index (χ0) is 104. The topological polar surface area (TPSA) is 376 Å². The van der Waals surface area contributed by atoms with Crippen LogP contribution < -0.4 is 36.8 Å². The molecule has 0 bridgehead atoms. The Balaban J connectivity index is 0.000000265. The van der Waals surface area contributed by atoms with Gasteiger partial charge in [0.25, 0.3) is 0 Å². The number of nitrogens with zero attached hydrogens (tertiary/aromatic N) is 7. The number of alkyl carbamates (subject to hydrolysis) is 2. The fourth-order valence-electron chi connectivity index (χ4n) is 17.1. The van der Waals surface area contributed by atoms with Gasteiger partial charge in [0.2, 0.25) is 47.3 Å². The molecule has 8 aliphatic rings. The molecule has 9 heterocycles. The second-order valence-corrected chi connectivity index (χ2v) is 46.6. The number of esters is 2. The summed E-state index contributed by atoms with van der Waals surface area (Å²) in [6.07, 6.45) is 15.5. The fourth-order valence-corrected chi connectivity index (χ4v) is 19.8. The second kappa shape index (κ2) is 52.7. The molecule has 7 N–H and O–H groups in total. The number of carboxylic acid groups (broad SMARTS) is 1. The number of carbonyl (C=O) groups excluding carboxylic acids is 12. The third kappa shape index (κ3) is 36.4. The van der Waals surface area contributed by atoms with E-state index in [4.69, 9.17) is 24.7 Å². The van der Waals surface area contributed by atoms with E-state index in [0.29, 0.717) is 106 Å². The summed E-state index contributed by atoms with van der Waals surface area (Å²) in [6, 6.07) is 3.14. The van der Waals surface area contributed by atoms with Gasteiger partial charge in [0.15, 0.2) is 0 Å². The van der Waals surface area contributed by atoms with E-state index < -0.39 is 65.5 Å². The van der Waals surface area contributed by atoms with Crippen molar-refractivity contribution in [1.82, 2.24) is 40.4 Å². The number of amides is 10. The molecule has 3 aromatic heterocycles. The number of carboxylic acids is 1. The molecule has 0 radical (unpaired) electrons. The van der Waals surface area contributed by atoms with E-state index in [9.17, 15) is 67.4 Å². The lowest BCUT2D eigenvalue weighted by Crippen LogP contribution is -2.57. The monoisotopic (exact) mass is 1980 g/mol. The SMILES string of the molecule is CC(C)(C)OC(=O)N[C@H]1CCCNC1=O.CC(C)N1CCC[C@H](N)C1=O.CC1CCC(C(=O)N(c2cc(C#CC(C)(C)C)sc2C(=O)O)[C@H]2CCCN(C(C)C)C2=O)CC1.CCN1CCC[C@H](NC(=O)OC(C)(C)C)C1=O.COC(=O)c1sc(C#CC(C)(C)C)cc1N(C(=O)C1CCC(C)CC1)[C@H]1CCCN(C(C)C)C1=O.COC(=O)c1sc(C#CC(C)(C)C)cc1N[C@H]1CCCN(C(C)C)C1=O. The van der Waals surface area contributed by atoms with E-state index in [1.54, 1.807) is 68.4 Å². The summed E-state index contributed by atoms with van der Waals surface area (Å²) in [5.41, 5.74) is 5.39. The highest BCUT2D eigenvalue weighted by atomic mass is 32.1. The van der Waals surface area contributed by atoms with Crippen LogP contribution in [0.15, 0.2) is 18.2 Å². The third-order valence-electron chi connectivity index (χ3n) is 24.4. The molecule has 33 heteroatoms. The number of nitrogens with two attached hydrogens (primary N) is 1. The number of rotatable bonds is 18. The minimum Gasteiger partial charge on any atom is -0.477 e. The van der Waals surface area contributed by atoms with E-state index in [2.05, 4.69) is 70.6 Å². The summed E-state index contributed by atoms with van der Waals surface area (Å²) < 4.78 is 20.2. The molecule has 0 unspecified atom stereocenters. The first kappa shape index (κ1) is 117. The van der Waals surface area contributed by atoms with Gasteiger partial charge < -0.3 is 75.6 Å². The van der Waals surface area contributed by atoms with Crippen LogP contribution in [0.3, 0.4) is 0 Å². The Kier molecular flexibility index (Phi) is 44.6. The first-order chi connectivity index (χ1) is 64.3. The number of hydrogen-bond acceptors (Lipinski definition) is 22. The quantitative estimate of drug-likeness (QED) is 0.0391. The van der Waals surface area contributed by atoms with Crippen molar-refractivity contribution in [3.63, 3.8) is 0 Å². The maximum absolute atomic E-state index is 14.1. The predicted molar refractivity (Wildman–Crippen MR) is 546 cm³/mol. The number of hydrogen-bond donors (Lipinski definition) is 6. The smallest absolute Gasteiger partial charge is 0.408 e. The standard InChI is InChI=1S/C28H40N2O4S.C27H38N2O4S.C20H28N2O3S.C12H22N2O3.C10H18N2O3.C8H16N2O/c1-18(2)29-16-8-9-22(26(29)32)30(25(31)20-12-10-19(3)11-13-20)23-17-21(14-15-28(4,5)6)35-24(23)27(33)34-7;1-17(2)28-15-7-8-21(25(28)31)29(24(30)19-11-9-18(3)10-12-19)22-16-20(13-14-27(4,5)6)34-23(22)26(32)33;1-13(2)22-11-7-8-15(18(22)23)21-16-12-14(9-10-20(3,4)5)26-17(16)19(24)25-6;1-5-14-8-6-7-9(10(14)15)13-11(16)17-12(2,3)4;1-10(2,3)15-9(14)12-7-5-4-6-11-8(7)13;1-6(2)10-5-3-4-7(9)8(10)11/h17-20,22H,8-13,16H2,1-7H3;16-19,21H,7-12,15H2,1-6H3,(H,32,33);12-13,15,21H,7-8,11H2,1-6H3;9H,5-8H2,1-4H3,(H,13,16);7H,4-6H2,1-3H3,(H,11,13)(H,12,14);6-7H,3-5,9H2,1-2H3/t19?,20?,22-;18?,19?,21-;15-;9-;2*7-/m000000/s1. The van der Waals surface area contributed by atoms with Crippen molar-refractivity contribution < 1.29 is 86.4 Å². The van der Waals surface area contributed by atoms with Crippen LogP contribution in [0.5, 0.6) is 0 Å². The number of methoxy groups -OCH3 is 2. The molecule has 3 aromatic rings. The maximum atomic E-state index is 14.1.